The minimum Gasteiger partial charge on any atom is -0.374 e. The average Bonchev–Trinajstić information content (AvgIpc) is 2.38. The van der Waals surface area contributed by atoms with Crippen LogP contribution in [0.3, 0.4) is 0 Å². The van der Waals surface area contributed by atoms with Gasteiger partial charge >= 0.3 is 6.18 Å². The Labute approximate surface area is 116 Å². The van der Waals surface area contributed by atoms with E-state index in [0.29, 0.717) is 0 Å². The zero-order valence-electron chi connectivity index (χ0n) is 11.5. The van der Waals surface area contributed by atoms with Crippen LogP contribution in [0.25, 0.3) is 0 Å². The molecule has 1 aliphatic rings. The lowest BCUT2D eigenvalue weighted by molar-refractivity contribution is -0.126. The smallest absolute Gasteiger partial charge is 0.374 e. The first-order valence-electron chi connectivity index (χ1n) is 6.75. The lowest BCUT2D eigenvalue weighted by Crippen LogP contribution is -2.36. The van der Waals surface area contributed by atoms with Crippen molar-refractivity contribution in [3.8, 4) is 0 Å². The molecule has 0 aromatic heterocycles. The molecule has 0 fully saturated rings. The number of fused-ring (bicyclic) bond motifs is 1. The minimum absolute atomic E-state index is 0.144. The molecule has 3 nitrogen and oxygen atoms in total. The summed E-state index contributed by atoms with van der Waals surface area (Å²) in [5.74, 6) is 0. The molecular formula is C14H20F3N3. The average molecular weight is 287 g/mol. The second kappa shape index (κ2) is 6.01. The van der Waals surface area contributed by atoms with Crippen molar-refractivity contribution in [3.63, 3.8) is 0 Å². The molecule has 0 bridgehead atoms. The zero-order valence-corrected chi connectivity index (χ0v) is 11.5. The van der Waals surface area contributed by atoms with Gasteiger partial charge in [-0.05, 0) is 30.0 Å². The third-order valence-electron chi connectivity index (χ3n) is 3.64. The van der Waals surface area contributed by atoms with Crippen molar-refractivity contribution < 1.29 is 13.2 Å². The summed E-state index contributed by atoms with van der Waals surface area (Å²) in [4.78, 5) is 2.17. The van der Waals surface area contributed by atoms with Crippen molar-refractivity contribution >= 4 is 5.69 Å². The monoisotopic (exact) mass is 287 g/mol. The lowest BCUT2D eigenvalue weighted by Gasteiger charge is -2.29. The van der Waals surface area contributed by atoms with E-state index in [1.54, 1.807) is 0 Å². The highest BCUT2D eigenvalue weighted by molar-refractivity contribution is 5.56. The number of anilines is 1. The zero-order chi connectivity index (χ0) is 14.8. The molecule has 1 aromatic rings. The van der Waals surface area contributed by atoms with Gasteiger partial charge in [-0.15, -0.1) is 0 Å². The molecule has 2 rings (SSSR count). The minimum atomic E-state index is -4.22. The third kappa shape index (κ3) is 3.64. The van der Waals surface area contributed by atoms with Gasteiger partial charge in [0.25, 0.3) is 0 Å². The van der Waals surface area contributed by atoms with Crippen molar-refractivity contribution in [2.24, 2.45) is 5.73 Å². The van der Waals surface area contributed by atoms with Crippen LogP contribution < -0.4 is 16.0 Å². The molecule has 0 saturated heterocycles. The first-order valence-corrected chi connectivity index (χ1v) is 6.75. The maximum Gasteiger partial charge on any atom is 0.401 e. The Bertz CT molecular complexity index is 459. The summed E-state index contributed by atoms with van der Waals surface area (Å²) in [5, 5.41) is 2.48. The van der Waals surface area contributed by atoms with E-state index in [9.17, 15) is 13.2 Å². The molecule has 1 unspecified atom stereocenters. The van der Waals surface area contributed by atoms with Gasteiger partial charge in [-0.3, -0.25) is 0 Å². The Kier molecular flexibility index (Phi) is 4.55. The van der Waals surface area contributed by atoms with E-state index >= 15 is 0 Å². The van der Waals surface area contributed by atoms with Crippen LogP contribution in [0.2, 0.25) is 0 Å². The molecule has 3 N–H and O–H groups in total. The van der Waals surface area contributed by atoms with E-state index in [2.05, 4.69) is 10.2 Å². The summed E-state index contributed by atoms with van der Waals surface area (Å²) in [6.07, 6.45) is -2.19. The molecule has 1 atom stereocenters. The van der Waals surface area contributed by atoms with Gasteiger partial charge < -0.3 is 16.0 Å². The summed E-state index contributed by atoms with van der Waals surface area (Å²) in [5.41, 5.74) is 8.76. The first kappa shape index (κ1) is 15.1. The Balaban J connectivity index is 2.14. The highest BCUT2D eigenvalue weighted by Crippen LogP contribution is 2.28. The number of nitrogens with zero attached hydrogens (tertiary/aromatic N) is 1. The van der Waals surface area contributed by atoms with Crippen molar-refractivity contribution in [2.75, 3.05) is 31.6 Å². The Morgan fingerprint density at radius 3 is 2.80 bits per heavy atom. The van der Waals surface area contributed by atoms with Crippen molar-refractivity contribution in [1.29, 1.82) is 0 Å². The highest BCUT2D eigenvalue weighted by atomic mass is 19.4. The number of aryl methyl sites for hydroxylation is 1. The number of hydrogen-bond acceptors (Lipinski definition) is 3. The molecule has 1 heterocycles. The third-order valence-corrected chi connectivity index (χ3v) is 3.64. The van der Waals surface area contributed by atoms with Crippen molar-refractivity contribution in [3.05, 3.63) is 29.3 Å². The molecular weight excluding hydrogens is 267 g/mol. The fourth-order valence-corrected chi connectivity index (χ4v) is 2.60. The predicted octanol–water partition coefficient (Wildman–Crippen LogP) is 2.22. The molecule has 6 heteroatoms. The number of rotatable bonds is 4. The van der Waals surface area contributed by atoms with Gasteiger partial charge in [0.1, 0.15) is 0 Å². The molecule has 0 radical (unpaired) electrons. The van der Waals surface area contributed by atoms with Gasteiger partial charge in [-0.1, -0.05) is 12.1 Å². The summed E-state index contributed by atoms with van der Waals surface area (Å²) in [6.45, 7) is 0.134. The van der Waals surface area contributed by atoms with Crippen molar-refractivity contribution in [1.82, 2.24) is 5.32 Å². The van der Waals surface area contributed by atoms with Gasteiger partial charge in [0.05, 0.1) is 6.54 Å². The quantitative estimate of drug-likeness (QED) is 0.892. The van der Waals surface area contributed by atoms with Crippen LogP contribution in [0.15, 0.2) is 18.2 Å². The number of halogens is 3. The molecule has 1 aromatic carbocycles. The summed E-state index contributed by atoms with van der Waals surface area (Å²) < 4.78 is 36.8. The Morgan fingerprint density at radius 1 is 1.40 bits per heavy atom. The SMILES string of the molecule is CN1CCCc2cc(C(CN)NCC(F)(F)F)ccc21. The molecule has 1 aliphatic heterocycles. The van der Waals surface area contributed by atoms with Crippen LogP contribution in [0.5, 0.6) is 0 Å². The van der Waals surface area contributed by atoms with Gasteiger partial charge in [-0.25, -0.2) is 0 Å². The maximum absolute atomic E-state index is 12.3. The predicted molar refractivity (Wildman–Crippen MR) is 73.9 cm³/mol. The van der Waals surface area contributed by atoms with Crippen LogP contribution in [-0.4, -0.2) is 32.9 Å². The van der Waals surface area contributed by atoms with Gasteiger partial charge in [0.2, 0.25) is 0 Å². The van der Waals surface area contributed by atoms with Crippen LogP contribution in [-0.2, 0) is 6.42 Å². The normalized spacial score (nSPS) is 16.9. The largest absolute Gasteiger partial charge is 0.401 e. The molecule has 0 amide bonds. The Hall–Kier alpha value is -1.27. The Morgan fingerprint density at radius 2 is 2.15 bits per heavy atom. The van der Waals surface area contributed by atoms with E-state index in [1.807, 2.05) is 25.2 Å². The summed E-state index contributed by atoms with van der Waals surface area (Å²) >= 11 is 0. The van der Waals surface area contributed by atoms with Crippen LogP contribution in [0, 0.1) is 0 Å². The van der Waals surface area contributed by atoms with Crippen molar-refractivity contribution in [2.45, 2.75) is 25.1 Å². The van der Waals surface area contributed by atoms with Crippen LogP contribution in [0.1, 0.15) is 23.6 Å². The topological polar surface area (TPSA) is 41.3 Å². The fourth-order valence-electron chi connectivity index (χ4n) is 2.60. The summed E-state index contributed by atoms with van der Waals surface area (Å²) in [7, 11) is 2.03. The van der Waals surface area contributed by atoms with Crippen LogP contribution in [0.4, 0.5) is 18.9 Å². The number of nitrogens with one attached hydrogen (secondary N) is 1. The highest BCUT2D eigenvalue weighted by Gasteiger charge is 2.28. The molecule has 112 valence electrons. The second-order valence-corrected chi connectivity index (χ2v) is 5.20. The van der Waals surface area contributed by atoms with E-state index in [1.165, 1.54) is 5.56 Å². The van der Waals surface area contributed by atoms with Gasteiger partial charge in [0.15, 0.2) is 0 Å². The van der Waals surface area contributed by atoms with E-state index in [4.69, 9.17) is 5.73 Å². The van der Waals surface area contributed by atoms with Gasteiger partial charge in [0, 0.05) is 31.9 Å². The lowest BCUT2D eigenvalue weighted by atomic mass is 9.96. The van der Waals surface area contributed by atoms with E-state index < -0.39 is 18.8 Å². The molecule has 0 aliphatic carbocycles. The number of alkyl halides is 3. The first-order chi connectivity index (χ1) is 9.40. The molecule has 0 spiro atoms. The van der Waals surface area contributed by atoms with Crippen LogP contribution >= 0.6 is 0 Å². The molecule has 0 saturated carbocycles. The summed E-state index contributed by atoms with van der Waals surface area (Å²) in [6, 6.07) is 5.35. The standard InChI is InChI=1S/C14H20F3N3/c1-20-6-2-3-11-7-10(4-5-13(11)20)12(8-18)19-9-14(15,16)17/h4-5,7,12,19H,2-3,6,8-9,18H2,1H3. The number of hydrogen-bond donors (Lipinski definition) is 2. The van der Waals surface area contributed by atoms with E-state index in [-0.39, 0.29) is 6.54 Å². The molecule has 20 heavy (non-hydrogen) atoms. The number of nitrogens with two attached hydrogens (primary N) is 1. The number of benzene rings is 1. The fraction of sp³-hybridized carbons (Fsp3) is 0.571. The van der Waals surface area contributed by atoms with E-state index in [0.717, 1.165) is 30.6 Å². The van der Waals surface area contributed by atoms with Gasteiger partial charge in [-0.2, -0.15) is 13.2 Å². The maximum atomic E-state index is 12.3. The second-order valence-electron chi connectivity index (χ2n) is 5.20.